The highest BCUT2D eigenvalue weighted by molar-refractivity contribution is 6.37. The van der Waals surface area contributed by atoms with E-state index in [0.717, 1.165) is 0 Å². The molecule has 0 aliphatic rings. The monoisotopic (exact) mass is 314 g/mol. The molecular formula is C14H4Cl2N4O. The molecule has 1 rings (SSSR count). The van der Waals surface area contributed by atoms with Crippen molar-refractivity contribution in [3.63, 3.8) is 0 Å². The molecule has 1 aromatic rings. The van der Waals surface area contributed by atoms with Gasteiger partial charge in [-0.25, -0.2) is 0 Å². The van der Waals surface area contributed by atoms with E-state index in [0.29, 0.717) is 5.02 Å². The maximum Gasteiger partial charge on any atom is 0.194 e. The molecule has 21 heavy (non-hydrogen) atoms. The molecular weight excluding hydrogens is 311 g/mol. The van der Waals surface area contributed by atoms with Gasteiger partial charge in [-0.05, 0) is 18.2 Å². The molecule has 0 radical (unpaired) electrons. The van der Waals surface area contributed by atoms with E-state index in [1.54, 1.807) is 12.1 Å². The first kappa shape index (κ1) is 16.2. The van der Waals surface area contributed by atoms with E-state index in [4.69, 9.17) is 44.2 Å². The summed E-state index contributed by atoms with van der Waals surface area (Å²) in [6.07, 6.45) is 0. The fraction of sp³-hybridized carbons (Fsp3) is 0.0714. The van der Waals surface area contributed by atoms with Gasteiger partial charge in [-0.2, -0.15) is 21.0 Å². The summed E-state index contributed by atoms with van der Waals surface area (Å²) < 4.78 is 0. The number of benzene rings is 1. The van der Waals surface area contributed by atoms with Gasteiger partial charge in [0.05, 0.1) is 22.7 Å². The van der Waals surface area contributed by atoms with E-state index in [9.17, 15) is 4.79 Å². The molecule has 0 N–H and O–H groups in total. The van der Waals surface area contributed by atoms with Crippen LogP contribution in [-0.2, 0) is 0 Å². The van der Waals surface area contributed by atoms with Crippen molar-refractivity contribution in [2.45, 2.75) is 0 Å². The van der Waals surface area contributed by atoms with Gasteiger partial charge in [0.1, 0.15) is 17.7 Å². The van der Waals surface area contributed by atoms with Crippen LogP contribution in [0, 0.1) is 51.2 Å². The van der Waals surface area contributed by atoms with Gasteiger partial charge in [-0.3, -0.25) is 4.79 Å². The van der Waals surface area contributed by atoms with Gasteiger partial charge < -0.3 is 0 Å². The van der Waals surface area contributed by atoms with Crippen LogP contribution in [-0.4, -0.2) is 5.78 Å². The summed E-state index contributed by atoms with van der Waals surface area (Å²) in [5, 5.41) is 35.9. The average Bonchev–Trinajstić information content (AvgIpc) is 2.47. The molecule has 0 fully saturated rings. The van der Waals surface area contributed by atoms with Crippen molar-refractivity contribution in [3.8, 4) is 24.3 Å². The molecule has 1 aromatic carbocycles. The number of hydrogen-bond acceptors (Lipinski definition) is 5. The van der Waals surface area contributed by atoms with Crippen molar-refractivity contribution in [2.75, 3.05) is 0 Å². The smallest absolute Gasteiger partial charge is 0.194 e. The molecule has 0 aromatic heterocycles. The lowest BCUT2D eigenvalue weighted by Crippen LogP contribution is -2.14. The summed E-state index contributed by atoms with van der Waals surface area (Å²) in [6, 6.07) is 10.2. The van der Waals surface area contributed by atoms with Crippen molar-refractivity contribution in [2.24, 2.45) is 5.92 Å². The second-order valence-electron chi connectivity index (χ2n) is 3.66. The van der Waals surface area contributed by atoms with Crippen molar-refractivity contribution in [3.05, 3.63) is 45.0 Å². The van der Waals surface area contributed by atoms with Crippen LogP contribution in [0.3, 0.4) is 0 Å². The molecule has 7 heteroatoms. The zero-order valence-electron chi connectivity index (χ0n) is 10.3. The predicted octanol–water partition coefficient (Wildman–Crippen LogP) is 3.18. The molecule has 0 bridgehead atoms. The Hall–Kier alpha value is -2.83. The number of hydrogen-bond donors (Lipinski definition) is 0. The Morgan fingerprint density at radius 1 is 1.05 bits per heavy atom. The summed E-state index contributed by atoms with van der Waals surface area (Å²) in [4.78, 5) is 12.4. The molecule has 0 aliphatic heterocycles. The number of halogens is 2. The first-order chi connectivity index (χ1) is 9.99. The van der Waals surface area contributed by atoms with E-state index in [1.807, 2.05) is 0 Å². The van der Waals surface area contributed by atoms with Crippen LogP contribution in [0.25, 0.3) is 0 Å². The van der Waals surface area contributed by atoms with Gasteiger partial charge in [0.25, 0.3) is 0 Å². The third-order valence-corrected chi connectivity index (χ3v) is 3.01. The number of carbonyl (C=O) groups excluding carboxylic acids is 1. The second kappa shape index (κ2) is 7.09. The van der Waals surface area contributed by atoms with Gasteiger partial charge in [-0.15, -0.1) is 0 Å². The topological polar surface area (TPSA) is 112 Å². The second-order valence-corrected chi connectivity index (χ2v) is 4.50. The maximum absolute atomic E-state index is 12.4. The molecule has 5 nitrogen and oxygen atoms in total. The third-order valence-electron chi connectivity index (χ3n) is 2.46. The van der Waals surface area contributed by atoms with Gasteiger partial charge in [0.2, 0.25) is 0 Å². The molecule has 0 saturated heterocycles. The number of carbonyl (C=O) groups is 1. The average molecular weight is 315 g/mol. The highest BCUT2D eigenvalue weighted by atomic mass is 35.5. The minimum Gasteiger partial charge on any atom is -0.289 e. The number of Topliss-reactive ketones (excluding diaryl/α,β-unsaturated/α-hetero) is 1. The van der Waals surface area contributed by atoms with Crippen LogP contribution in [0.4, 0.5) is 0 Å². The molecule has 0 atom stereocenters. The summed E-state index contributed by atoms with van der Waals surface area (Å²) >= 11 is 11.6. The number of nitriles is 4. The van der Waals surface area contributed by atoms with Gasteiger partial charge >= 0.3 is 0 Å². The summed E-state index contributed by atoms with van der Waals surface area (Å²) in [5.74, 6) is -2.37. The van der Waals surface area contributed by atoms with Crippen LogP contribution in [0.15, 0.2) is 29.3 Å². The molecule has 0 unspecified atom stereocenters. The number of allylic oxidation sites excluding steroid dienone is 2. The first-order valence-electron chi connectivity index (χ1n) is 5.33. The van der Waals surface area contributed by atoms with Gasteiger partial charge in [0.15, 0.2) is 11.7 Å². The van der Waals surface area contributed by atoms with Crippen LogP contribution < -0.4 is 0 Å². The fourth-order valence-corrected chi connectivity index (χ4v) is 2.01. The Balaban J connectivity index is 3.57. The minimum atomic E-state index is -1.54. The number of rotatable bonds is 3. The molecule has 0 spiro atoms. The molecule has 100 valence electrons. The van der Waals surface area contributed by atoms with Crippen LogP contribution in [0.2, 0.25) is 10.0 Å². The lowest BCUT2D eigenvalue weighted by molar-refractivity contribution is 0.102. The Bertz CT molecular complexity index is 770. The van der Waals surface area contributed by atoms with Crippen molar-refractivity contribution in [1.29, 1.82) is 21.0 Å². The van der Waals surface area contributed by atoms with Crippen LogP contribution in [0.5, 0.6) is 0 Å². The quantitative estimate of drug-likeness (QED) is 0.483. The van der Waals surface area contributed by atoms with E-state index >= 15 is 0 Å². The van der Waals surface area contributed by atoms with Crippen molar-refractivity contribution in [1.82, 2.24) is 0 Å². The molecule has 0 heterocycles. The SMILES string of the molecule is N#CC(C#N)=C(C(=O)c1ccc(Cl)cc1Cl)C(C#N)C#N. The van der Waals surface area contributed by atoms with Gasteiger partial charge in [0, 0.05) is 10.6 Å². The third kappa shape index (κ3) is 3.38. The Labute approximate surface area is 130 Å². The standard InChI is InChI=1S/C14H4Cl2N4O/c15-10-1-2-11(12(16)3-10)14(21)13(8(4-17)5-18)9(6-19)7-20/h1-3,8H. The van der Waals surface area contributed by atoms with Gasteiger partial charge in [-0.1, -0.05) is 23.2 Å². The van der Waals surface area contributed by atoms with E-state index < -0.39 is 22.8 Å². The minimum absolute atomic E-state index is 0.00476. The largest absolute Gasteiger partial charge is 0.289 e. The lowest BCUT2D eigenvalue weighted by Gasteiger charge is -2.08. The van der Waals surface area contributed by atoms with E-state index in [1.165, 1.54) is 30.3 Å². The number of nitrogens with zero attached hydrogens (tertiary/aromatic N) is 4. The summed E-state index contributed by atoms with van der Waals surface area (Å²) in [5.41, 5.74) is -1.14. The molecule has 0 saturated carbocycles. The molecule has 0 amide bonds. The Kier molecular flexibility index (Phi) is 5.48. The van der Waals surface area contributed by atoms with Crippen LogP contribution in [0.1, 0.15) is 10.4 Å². The Morgan fingerprint density at radius 3 is 2.05 bits per heavy atom. The maximum atomic E-state index is 12.4. The van der Waals surface area contributed by atoms with Crippen molar-refractivity contribution < 1.29 is 4.79 Å². The number of ketones is 1. The summed E-state index contributed by atoms with van der Waals surface area (Å²) in [6.45, 7) is 0. The Morgan fingerprint density at radius 2 is 1.62 bits per heavy atom. The van der Waals surface area contributed by atoms with E-state index in [-0.39, 0.29) is 10.6 Å². The highest BCUT2D eigenvalue weighted by Crippen LogP contribution is 2.27. The highest BCUT2D eigenvalue weighted by Gasteiger charge is 2.27. The predicted molar refractivity (Wildman–Crippen MR) is 73.8 cm³/mol. The van der Waals surface area contributed by atoms with Crippen LogP contribution >= 0.6 is 23.2 Å². The van der Waals surface area contributed by atoms with E-state index in [2.05, 4.69) is 0 Å². The lowest BCUT2D eigenvalue weighted by atomic mass is 9.90. The van der Waals surface area contributed by atoms with Crippen molar-refractivity contribution >= 4 is 29.0 Å². The first-order valence-corrected chi connectivity index (χ1v) is 6.09. The summed E-state index contributed by atoms with van der Waals surface area (Å²) in [7, 11) is 0. The zero-order valence-corrected chi connectivity index (χ0v) is 11.8. The normalized spacial score (nSPS) is 8.90. The molecule has 0 aliphatic carbocycles. The fourth-order valence-electron chi connectivity index (χ4n) is 1.51. The zero-order chi connectivity index (χ0) is 16.0.